The smallest absolute Gasteiger partial charge is 0.230 e. The number of methoxy groups -OCH3 is 1. The molecule has 1 aliphatic heterocycles. The summed E-state index contributed by atoms with van der Waals surface area (Å²) < 4.78 is 11.4. The number of carbonyl (C=O) groups excluding carboxylic acids is 1. The van der Waals surface area contributed by atoms with E-state index in [2.05, 4.69) is 20.2 Å². The normalized spacial score (nSPS) is 20.2. The SMILES string of the molecule is CO[C@@H]1C[C@H](CNC(=O)C(C)c2cc3ccccc3o2)N(c2cc(C)ncn2)C1. The average Bonchev–Trinajstić information content (AvgIpc) is 3.35. The first-order valence-corrected chi connectivity index (χ1v) is 9.89. The number of benzene rings is 1. The molecule has 4 rings (SSSR count). The second-order valence-corrected chi connectivity index (χ2v) is 7.57. The van der Waals surface area contributed by atoms with Crippen molar-refractivity contribution in [1.29, 1.82) is 0 Å². The number of aryl methyl sites for hydroxylation is 1. The fraction of sp³-hybridized carbons (Fsp3) is 0.409. The predicted molar refractivity (Wildman–Crippen MR) is 111 cm³/mol. The zero-order chi connectivity index (χ0) is 20.4. The Morgan fingerprint density at radius 1 is 1.34 bits per heavy atom. The van der Waals surface area contributed by atoms with Gasteiger partial charge in [0.2, 0.25) is 5.91 Å². The molecule has 3 atom stereocenters. The Morgan fingerprint density at radius 2 is 2.17 bits per heavy atom. The molecule has 0 bridgehead atoms. The minimum Gasteiger partial charge on any atom is -0.460 e. The highest BCUT2D eigenvalue weighted by atomic mass is 16.5. The summed E-state index contributed by atoms with van der Waals surface area (Å²) in [6.45, 7) is 5.07. The van der Waals surface area contributed by atoms with Crippen molar-refractivity contribution in [2.24, 2.45) is 0 Å². The van der Waals surface area contributed by atoms with Gasteiger partial charge in [-0.15, -0.1) is 0 Å². The highest BCUT2D eigenvalue weighted by Crippen LogP contribution is 2.27. The summed E-state index contributed by atoms with van der Waals surface area (Å²) >= 11 is 0. The minimum atomic E-state index is -0.364. The Labute approximate surface area is 170 Å². The lowest BCUT2D eigenvalue weighted by molar-refractivity contribution is -0.122. The zero-order valence-electron chi connectivity index (χ0n) is 17.0. The Hall–Kier alpha value is -2.93. The highest BCUT2D eigenvalue weighted by molar-refractivity contribution is 5.85. The molecule has 2 aromatic heterocycles. The quantitative estimate of drug-likeness (QED) is 0.692. The molecule has 7 heteroatoms. The van der Waals surface area contributed by atoms with Crippen molar-refractivity contribution >= 4 is 22.7 Å². The van der Waals surface area contributed by atoms with Crippen LogP contribution in [0.25, 0.3) is 11.0 Å². The lowest BCUT2D eigenvalue weighted by Crippen LogP contribution is -2.41. The third-order valence-electron chi connectivity index (χ3n) is 5.57. The van der Waals surface area contributed by atoms with Gasteiger partial charge < -0.3 is 19.4 Å². The van der Waals surface area contributed by atoms with Crippen molar-refractivity contribution in [2.45, 2.75) is 38.3 Å². The second-order valence-electron chi connectivity index (χ2n) is 7.57. The number of hydrogen-bond acceptors (Lipinski definition) is 6. The number of nitrogens with one attached hydrogen (secondary N) is 1. The lowest BCUT2D eigenvalue weighted by atomic mass is 10.1. The van der Waals surface area contributed by atoms with E-state index in [1.165, 1.54) is 0 Å². The van der Waals surface area contributed by atoms with Crippen LogP contribution in [0.4, 0.5) is 5.82 Å². The molecular weight excluding hydrogens is 368 g/mol. The summed E-state index contributed by atoms with van der Waals surface area (Å²) in [6, 6.07) is 11.8. The van der Waals surface area contributed by atoms with Crippen molar-refractivity contribution in [3.05, 3.63) is 54.2 Å². The number of para-hydroxylation sites is 1. The van der Waals surface area contributed by atoms with Crippen LogP contribution in [0.2, 0.25) is 0 Å². The lowest BCUT2D eigenvalue weighted by Gasteiger charge is -2.26. The van der Waals surface area contributed by atoms with Gasteiger partial charge in [-0.2, -0.15) is 0 Å². The molecule has 1 amide bonds. The zero-order valence-corrected chi connectivity index (χ0v) is 17.0. The van der Waals surface area contributed by atoms with E-state index in [4.69, 9.17) is 9.15 Å². The molecule has 1 saturated heterocycles. The van der Waals surface area contributed by atoms with Crippen molar-refractivity contribution in [2.75, 3.05) is 25.1 Å². The standard InChI is InChI=1S/C22H26N4O3/c1-14-8-21(25-13-24-14)26-12-18(28-3)10-17(26)11-23-22(27)15(2)20-9-16-6-4-5-7-19(16)29-20/h4-9,13,15,17-18H,10-12H2,1-3H3,(H,23,27)/t15?,17-,18-/m1/s1. The van der Waals surface area contributed by atoms with Gasteiger partial charge in [-0.3, -0.25) is 4.79 Å². The number of rotatable bonds is 6. The van der Waals surface area contributed by atoms with Crippen LogP contribution in [0.3, 0.4) is 0 Å². The van der Waals surface area contributed by atoms with Crippen molar-refractivity contribution in [3.63, 3.8) is 0 Å². The Kier molecular flexibility index (Phi) is 5.49. The molecule has 1 N–H and O–H groups in total. The van der Waals surface area contributed by atoms with Crippen LogP contribution in [0.1, 0.15) is 30.7 Å². The summed E-state index contributed by atoms with van der Waals surface area (Å²) in [6.07, 6.45) is 2.52. The molecule has 7 nitrogen and oxygen atoms in total. The first kappa shape index (κ1) is 19.4. The van der Waals surface area contributed by atoms with Gasteiger partial charge in [0, 0.05) is 37.3 Å². The topological polar surface area (TPSA) is 80.5 Å². The Morgan fingerprint density at radius 3 is 2.93 bits per heavy atom. The molecule has 0 radical (unpaired) electrons. The summed E-state index contributed by atoms with van der Waals surface area (Å²) in [5.41, 5.74) is 1.71. The Balaban J connectivity index is 1.43. The molecular formula is C22H26N4O3. The molecule has 29 heavy (non-hydrogen) atoms. The first-order chi connectivity index (χ1) is 14.0. The maximum atomic E-state index is 12.8. The van der Waals surface area contributed by atoms with Gasteiger partial charge >= 0.3 is 0 Å². The van der Waals surface area contributed by atoms with Crippen LogP contribution >= 0.6 is 0 Å². The molecule has 3 aromatic rings. The van der Waals surface area contributed by atoms with Crippen molar-refractivity contribution in [1.82, 2.24) is 15.3 Å². The number of hydrogen-bond donors (Lipinski definition) is 1. The highest BCUT2D eigenvalue weighted by Gasteiger charge is 2.33. The van der Waals surface area contributed by atoms with E-state index in [0.29, 0.717) is 12.3 Å². The number of aromatic nitrogens is 2. The molecule has 0 aliphatic carbocycles. The summed E-state index contributed by atoms with van der Waals surface area (Å²) in [7, 11) is 1.72. The molecule has 0 spiro atoms. The van der Waals surface area contributed by atoms with Gasteiger partial charge in [0.05, 0.1) is 18.1 Å². The largest absolute Gasteiger partial charge is 0.460 e. The fourth-order valence-corrected chi connectivity index (χ4v) is 3.83. The third kappa shape index (κ3) is 4.10. The van der Waals surface area contributed by atoms with E-state index in [9.17, 15) is 4.79 Å². The maximum absolute atomic E-state index is 12.8. The van der Waals surface area contributed by atoms with Gasteiger partial charge in [0.15, 0.2) is 0 Å². The van der Waals surface area contributed by atoms with E-state index in [1.54, 1.807) is 13.4 Å². The van der Waals surface area contributed by atoms with E-state index in [0.717, 1.165) is 35.4 Å². The molecule has 152 valence electrons. The number of nitrogens with zero attached hydrogens (tertiary/aromatic N) is 3. The monoisotopic (exact) mass is 394 g/mol. The molecule has 1 unspecified atom stereocenters. The van der Waals surface area contributed by atoms with Gasteiger partial charge in [0.1, 0.15) is 23.5 Å². The third-order valence-corrected chi connectivity index (χ3v) is 5.57. The number of furan rings is 1. The number of ether oxygens (including phenoxy) is 1. The van der Waals surface area contributed by atoms with Gasteiger partial charge in [-0.1, -0.05) is 18.2 Å². The van der Waals surface area contributed by atoms with Gasteiger partial charge in [-0.25, -0.2) is 9.97 Å². The maximum Gasteiger partial charge on any atom is 0.230 e. The summed E-state index contributed by atoms with van der Waals surface area (Å²) in [4.78, 5) is 23.5. The van der Waals surface area contributed by atoms with Crippen LogP contribution in [-0.4, -0.2) is 48.2 Å². The van der Waals surface area contributed by atoms with Gasteiger partial charge in [-0.05, 0) is 32.4 Å². The van der Waals surface area contributed by atoms with E-state index in [1.807, 2.05) is 50.2 Å². The van der Waals surface area contributed by atoms with E-state index < -0.39 is 0 Å². The fourth-order valence-electron chi connectivity index (χ4n) is 3.83. The number of anilines is 1. The van der Waals surface area contributed by atoms with Crippen LogP contribution in [0, 0.1) is 6.92 Å². The molecule has 1 aliphatic rings. The first-order valence-electron chi connectivity index (χ1n) is 9.89. The number of amides is 1. The van der Waals surface area contributed by atoms with Gasteiger partial charge in [0.25, 0.3) is 0 Å². The number of carbonyl (C=O) groups is 1. The minimum absolute atomic E-state index is 0.0521. The second kappa shape index (κ2) is 8.21. The van der Waals surface area contributed by atoms with Crippen LogP contribution in [-0.2, 0) is 9.53 Å². The van der Waals surface area contributed by atoms with E-state index >= 15 is 0 Å². The average molecular weight is 394 g/mol. The van der Waals surface area contributed by atoms with Crippen molar-refractivity contribution in [3.8, 4) is 0 Å². The van der Waals surface area contributed by atoms with Crippen LogP contribution < -0.4 is 10.2 Å². The Bertz CT molecular complexity index is 969. The summed E-state index contributed by atoms with van der Waals surface area (Å²) in [5, 5.41) is 4.09. The molecule has 1 fully saturated rings. The van der Waals surface area contributed by atoms with E-state index in [-0.39, 0.29) is 24.0 Å². The molecule has 1 aromatic carbocycles. The summed E-state index contributed by atoms with van der Waals surface area (Å²) in [5.74, 6) is 1.12. The van der Waals surface area contributed by atoms with Crippen LogP contribution in [0.5, 0.6) is 0 Å². The molecule has 0 saturated carbocycles. The predicted octanol–water partition coefficient (Wildman–Crippen LogP) is 3.04. The van der Waals surface area contributed by atoms with Crippen LogP contribution in [0.15, 0.2) is 47.1 Å². The number of fused-ring (bicyclic) bond motifs is 1. The van der Waals surface area contributed by atoms with Crippen molar-refractivity contribution < 1.29 is 13.9 Å². The molecule has 3 heterocycles.